The summed E-state index contributed by atoms with van der Waals surface area (Å²) in [5.74, 6) is 0.404. The van der Waals surface area contributed by atoms with Gasteiger partial charge in [0.15, 0.2) is 0 Å². The first-order chi connectivity index (χ1) is 14.5. The first kappa shape index (κ1) is 22.9. The van der Waals surface area contributed by atoms with Gasteiger partial charge in [0, 0.05) is 22.8 Å². The Balaban J connectivity index is 0.00000272. The second-order valence-corrected chi connectivity index (χ2v) is 8.16. The number of nitrogens with zero attached hydrogens (tertiary/aromatic N) is 2. The van der Waals surface area contributed by atoms with Gasteiger partial charge in [-0.3, -0.25) is 4.79 Å². The monoisotopic (exact) mass is 457 g/mol. The van der Waals surface area contributed by atoms with E-state index in [1.54, 1.807) is 0 Å². The zero-order valence-corrected chi connectivity index (χ0v) is 18.8. The van der Waals surface area contributed by atoms with Gasteiger partial charge in [-0.05, 0) is 49.1 Å². The Labute approximate surface area is 190 Å². The van der Waals surface area contributed by atoms with Crippen LogP contribution < -0.4 is 11.1 Å². The number of hydrogen-bond donors (Lipinski definition) is 3. The molecule has 0 saturated carbocycles. The zero-order chi connectivity index (χ0) is 21.1. The zero-order valence-electron chi connectivity index (χ0n) is 17.2. The number of halogens is 1. The summed E-state index contributed by atoms with van der Waals surface area (Å²) >= 11 is 1.19. The quantitative estimate of drug-likeness (QED) is 0.351. The number of anilines is 1. The number of aromatic nitrogens is 3. The third-order valence-corrected chi connectivity index (χ3v) is 5.67. The fourth-order valence-electron chi connectivity index (χ4n) is 3.24. The highest BCUT2D eigenvalue weighted by Gasteiger charge is 2.18. The van der Waals surface area contributed by atoms with E-state index >= 15 is 0 Å². The number of rotatable bonds is 7. The predicted molar refractivity (Wildman–Crippen MR) is 126 cm³/mol. The van der Waals surface area contributed by atoms with Crippen LogP contribution >= 0.6 is 24.2 Å². The van der Waals surface area contributed by atoms with E-state index in [0.29, 0.717) is 17.5 Å². The van der Waals surface area contributed by atoms with E-state index < -0.39 is 6.04 Å². The second kappa shape index (κ2) is 10.00. The van der Waals surface area contributed by atoms with E-state index in [0.717, 1.165) is 33.3 Å². The van der Waals surface area contributed by atoms with E-state index in [1.807, 2.05) is 56.4 Å². The van der Waals surface area contributed by atoms with Crippen molar-refractivity contribution in [3.63, 3.8) is 0 Å². The lowest BCUT2D eigenvalue weighted by Gasteiger charge is -2.08. The number of nitrogens with two attached hydrogens (primary N) is 1. The standard InChI is InChI=1S/C22H23N5O2S.ClH/c1-13-7-8-14(2)19(9-13)25-20(28)12-30-22-27-26-21(29-22)17(23)10-15-11-24-18-6-4-3-5-16(15)18;/h3-9,11,17,24H,10,12,23H2,1-2H3,(H,25,28);1H. The Morgan fingerprint density at radius 1 is 1.23 bits per heavy atom. The van der Waals surface area contributed by atoms with Gasteiger partial charge in [0.2, 0.25) is 11.8 Å². The third kappa shape index (κ3) is 5.46. The molecule has 2 aromatic carbocycles. The van der Waals surface area contributed by atoms with Gasteiger partial charge in [-0.1, -0.05) is 42.1 Å². The molecule has 4 N–H and O–H groups in total. The van der Waals surface area contributed by atoms with Crippen LogP contribution in [0.5, 0.6) is 0 Å². The summed E-state index contributed by atoms with van der Waals surface area (Å²) in [5.41, 5.74) is 11.4. The Morgan fingerprint density at radius 2 is 2.03 bits per heavy atom. The highest BCUT2D eigenvalue weighted by Crippen LogP contribution is 2.25. The summed E-state index contributed by atoms with van der Waals surface area (Å²) in [6, 6.07) is 13.6. The number of hydrogen-bond acceptors (Lipinski definition) is 6. The summed E-state index contributed by atoms with van der Waals surface area (Å²) in [5, 5.41) is 12.5. The van der Waals surface area contributed by atoms with Gasteiger partial charge in [0.25, 0.3) is 5.22 Å². The van der Waals surface area contributed by atoms with E-state index in [1.165, 1.54) is 11.8 Å². The van der Waals surface area contributed by atoms with Crippen molar-refractivity contribution in [2.24, 2.45) is 5.73 Å². The Hall–Kier alpha value is -2.81. The molecule has 1 amide bonds. The van der Waals surface area contributed by atoms with Gasteiger partial charge < -0.3 is 20.5 Å². The van der Waals surface area contributed by atoms with Crippen LogP contribution in [-0.4, -0.2) is 26.8 Å². The molecule has 7 nitrogen and oxygen atoms in total. The van der Waals surface area contributed by atoms with Crippen LogP contribution in [0.4, 0.5) is 5.69 Å². The lowest BCUT2D eigenvalue weighted by molar-refractivity contribution is -0.113. The highest BCUT2D eigenvalue weighted by atomic mass is 35.5. The van der Waals surface area contributed by atoms with Crippen molar-refractivity contribution in [3.8, 4) is 0 Å². The predicted octanol–water partition coefficient (Wildman–Crippen LogP) is 4.56. The number of para-hydroxylation sites is 1. The molecular formula is C22H24ClN5O2S. The SMILES string of the molecule is Cc1ccc(C)c(NC(=O)CSc2nnc(C(N)Cc3c[nH]c4ccccc34)o2)c1.Cl. The summed E-state index contributed by atoms with van der Waals surface area (Å²) in [6.45, 7) is 3.95. The van der Waals surface area contributed by atoms with Gasteiger partial charge in [-0.2, -0.15) is 0 Å². The number of carbonyl (C=O) groups is 1. The molecule has 0 radical (unpaired) electrons. The number of H-pyrrole nitrogens is 1. The van der Waals surface area contributed by atoms with Crippen molar-refractivity contribution in [2.45, 2.75) is 31.5 Å². The maximum atomic E-state index is 12.3. The van der Waals surface area contributed by atoms with Gasteiger partial charge in [-0.15, -0.1) is 22.6 Å². The van der Waals surface area contributed by atoms with Gasteiger partial charge in [-0.25, -0.2) is 0 Å². The van der Waals surface area contributed by atoms with E-state index in [2.05, 4.69) is 26.6 Å². The number of thioether (sulfide) groups is 1. The summed E-state index contributed by atoms with van der Waals surface area (Å²) in [4.78, 5) is 15.5. The lowest BCUT2D eigenvalue weighted by Crippen LogP contribution is -2.15. The molecule has 162 valence electrons. The molecule has 1 unspecified atom stereocenters. The van der Waals surface area contributed by atoms with Crippen LogP contribution in [0.1, 0.15) is 28.6 Å². The van der Waals surface area contributed by atoms with Crippen LogP contribution in [0.25, 0.3) is 10.9 Å². The number of fused-ring (bicyclic) bond motifs is 1. The molecule has 0 spiro atoms. The van der Waals surface area contributed by atoms with Crippen LogP contribution in [0.2, 0.25) is 0 Å². The average molecular weight is 458 g/mol. The van der Waals surface area contributed by atoms with Crippen LogP contribution in [0.15, 0.2) is 58.3 Å². The number of aromatic amines is 1. The summed E-state index contributed by atoms with van der Waals surface area (Å²) in [7, 11) is 0. The van der Waals surface area contributed by atoms with Crippen LogP contribution in [-0.2, 0) is 11.2 Å². The first-order valence-corrected chi connectivity index (χ1v) is 10.6. The molecule has 0 aliphatic carbocycles. The first-order valence-electron chi connectivity index (χ1n) is 9.63. The number of nitrogens with one attached hydrogen (secondary N) is 2. The normalized spacial score (nSPS) is 11.8. The molecule has 2 heterocycles. The molecule has 0 aliphatic heterocycles. The fourth-order valence-corrected chi connectivity index (χ4v) is 3.81. The molecule has 1 atom stereocenters. The molecule has 0 bridgehead atoms. The topological polar surface area (TPSA) is 110 Å². The minimum Gasteiger partial charge on any atom is -0.414 e. The molecule has 9 heteroatoms. The Kier molecular flexibility index (Phi) is 7.37. The number of amides is 1. The number of aryl methyl sites for hydroxylation is 2. The molecule has 4 aromatic rings. The Bertz CT molecular complexity index is 1190. The number of carbonyl (C=O) groups excluding carboxylic acids is 1. The number of benzene rings is 2. The van der Waals surface area contributed by atoms with Crippen molar-refractivity contribution in [1.29, 1.82) is 0 Å². The molecular weight excluding hydrogens is 434 g/mol. The van der Waals surface area contributed by atoms with Gasteiger partial charge in [0.1, 0.15) is 0 Å². The molecule has 2 aromatic heterocycles. The smallest absolute Gasteiger partial charge is 0.277 e. The largest absolute Gasteiger partial charge is 0.414 e. The summed E-state index contributed by atoms with van der Waals surface area (Å²) in [6.07, 6.45) is 2.53. The minimum absolute atomic E-state index is 0. The average Bonchev–Trinajstić information content (AvgIpc) is 3.37. The van der Waals surface area contributed by atoms with Crippen molar-refractivity contribution < 1.29 is 9.21 Å². The Morgan fingerprint density at radius 3 is 2.87 bits per heavy atom. The molecule has 0 fully saturated rings. The maximum Gasteiger partial charge on any atom is 0.277 e. The van der Waals surface area contributed by atoms with Gasteiger partial charge in [0.05, 0.1) is 11.8 Å². The fraction of sp³-hybridized carbons (Fsp3) is 0.227. The van der Waals surface area contributed by atoms with Crippen molar-refractivity contribution in [3.05, 3.63) is 71.2 Å². The molecule has 0 saturated heterocycles. The third-order valence-electron chi connectivity index (χ3n) is 4.85. The van der Waals surface area contributed by atoms with Gasteiger partial charge >= 0.3 is 0 Å². The van der Waals surface area contributed by atoms with Crippen LogP contribution in [0, 0.1) is 13.8 Å². The van der Waals surface area contributed by atoms with E-state index in [4.69, 9.17) is 10.2 Å². The minimum atomic E-state index is -0.421. The summed E-state index contributed by atoms with van der Waals surface area (Å²) < 4.78 is 5.68. The van der Waals surface area contributed by atoms with Crippen LogP contribution in [0.3, 0.4) is 0 Å². The maximum absolute atomic E-state index is 12.3. The lowest BCUT2D eigenvalue weighted by atomic mass is 10.1. The molecule has 4 rings (SSSR count). The van der Waals surface area contributed by atoms with E-state index in [9.17, 15) is 4.79 Å². The van der Waals surface area contributed by atoms with E-state index in [-0.39, 0.29) is 24.1 Å². The molecule has 0 aliphatic rings. The van der Waals surface area contributed by atoms with Crippen molar-refractivity contribution >= 4 is 46.7 Å². The molecule has 31 heavy (non-hydrogen) atoms. The van der Waals surface area contributed by atoms with Crippen molar-refractivity contribution in [2.75, 3.05) is 11.1 Å². The van der Waals surface area contributed by atoms with Crippen molar-refractivity contribution in [1.82, 2.24) is 15.2 Å². The highest BCUT2D eigenvalue weighted by molar-refractivity contribution is 7.99. The second-order valence-electron chi connectivity index (χ2n) is 7.23.